The quantitative estimate of drug-likeness (QED) is 0.843. The Morgan fingerprint density at radius 3 is 2.65 bits per heavy atom. The van der Waals surface area contributed by atoms with Crippen molar-refractivity contribution >= 4 is 44.7 Å². The van der Waals surface area contributed by atoms with E-state index in [1.165, 1.54) is 12.1 Å². The van der Waals surface area contributed by atoms with Crippen LogP contribution in [0.25, 0.3) is 0 Å². The van der Waals surface area contributed by atoms with Gasteiger partial charge < -0.3 is 11.1 Å². The minimum atomic E-state index is -1.02. The molecule has 1 amide bonds. The summed E-state index contributed by atoms with van der Waals surface area (Å²) >= 11 is 7.99. The van der Waals surface area contributed by atoms with Gasteiger partial charge in [-0.1, -0.05) is 28.1 Å². The molecular formula is C11H12BrFN2OS. The molecule has 0 saturated carbocycles. The SMILES string of the molecule is CC(C)(C(=O)Nc1cc(Br)ccc1F)C(N)=S. The summed E-state index contributed by atoms with van der Waals surface area (Å²) in [7, 11) is 0. The van der Waals surface area contributed by atoms with Gasteiger partial charge in [-0.15, -0.1) is 0 Å². The first-order valence-electron chi connectivity index (χ1n) is 4.81. The maximum absolute atomic E-state index is 13.4. The second-order valence-electron chi connectivity index (χ2n) is 4.07. The van der Waals surface area contributed by atoms with Crippen molar-refractivity contribution in [1.82, 2.24) is 0 Å². The molecule has 17 heavy (non-hydrogen) atoms. The highest BCUT2D eigenvalue weighted by Crippen LogP contribution is 2.23. The van der Waals surface area contributed by atoms with Gasteiger partial charge >= 0.3 is 0 Å². The Morgan fingerprint density at radius 2 is 2.12 bits per heavy atom. The Labute approximate surface area is 113 Å². The first-order valence-corrected chi connectivity index (χ1v) is 6.01. The molecule has 1 aromatic rings. The topological polar surface area (TPSA) is 55.1 Å². The highest BCUT2D eigenvalue weighted by molar-refractivity contribution is 9.10. The van der Waals surface area contributed by atoms with E-state index in [4.69, 9.17) is 18.0 Å². The summed E-state index contributed by atoms with van der Waals surface area (Å²) in [5.41, 5.74) is 4.53. The lowest BCUT2D eigenvalue weighted by molar-refractivity contribution is -0.121. The lowest BCUT2D eigenvalue weighted by atomic mass is 9.92. The molecule has 0 aliphatic rings. The van der Waals surface area contributed by atoms with Gasteiger partial charge in [0.05, 0.1) is 16.1 Å². The van der Waals surface area contributed by atoms with Crippen molar-refractivity contribution in [2.24, 2.45) is 11.1 Å². The predicted octanol–water partition coefficient (Wildman–Crippen LogP) is 2.84. The third kappa shape index (κ3) is 3.23. The van der Waals surface area contributed by atoms with E-state index in [1.54, 1.807) is 19.9 Å². The van der Waals surface area contributed by atoms with Crippen LogP contribution in [0.1, 0.15) is 13.8 Å². The first-order chi connectivity index (χ1) is 7.75. The van der Waals surface area contributed by atoms with E-state index in [9.17, 15) is 9.18 Å². The molecule has 0 unspecified atom stereocenters. The largest absolute Gasteiger partial charge is 0.392 e. The number of rotatable bonds is 3. The monoisotopic (exact) mass is 318 g/mol. The van der Waals surface area contributed by atoms with E-state index in [0.717, 1.165) is 0 Å². The normalized spacial score (nSPS) is 11.1. The molecule has 0 aliphatic heterocycles. The lowest BCUT2D eigenvalue weighted by Crippen LogP contribution is -2.41. The third-order valence-corrected chi connectivity index (χ3v) is 3.36. The van der Waals surface area contributed by atoms with Crippen LogP contribution >= 0.6 is 28.1 Å². The van der Waals surface area contributed by atoms with Crippen LogP contribution in [0.15, 0.2) is 22.7 Å². The van der Waals surface area contributed by atoms with Crippen LogP contribution in [-0.2, 0) is 4.79 Å². The minimum absolute atomic E-state index is 0.0606. The zero-order valence-corrected chi connectivity index (χ0v) is 11.8. The molecule has 3 nitrogen and oxygen atoms in total. The summed E-state index contributed by atoms with van der Waals surface area (Å²) in [6, 6.07) is 4.28. The summed E-state index contributed by atoms with van der Waals surface area (Å²) in [4.78, 5) is 11.9. The lowest BCUT2D eigenvalue weighted by Gasteiger charge is -2.22. The summed E-state index contributed by atoms with van der Waals surface area (Å²) in [5, 5.41) is 2.46. The second-order valence-corrected chi connectivity index (χ2v) is 5.42. The van der Waals surface area contributed by atoms with Crippen LogP contribution in [0, 0.1) is 11.2 Å². The van der Waals surface area contributed by atoms with Crippen molar-refractivity contribution in [1.29, 1.82) is 0 Å². The predicted molar refractivity (Wildman–Crippen MR) is 73.3 cm³/mol. The maximum atomic E-state index is 13.4. The molecule has 1 aromatic carbocycles. The zero-order valence-electron chi connectivity index (χ0n) is 9.38. The van der Waals surface area contributed by atoms with Gasteiger partial charge in [0.2, 0.25) is 5.91 Å². The number of thiocarbonyl (C=S) groups is 1. The average molecular weight is 319 g/mol. The Balaban J connectivity index is 2.96. The number of halogens is 2. The van der Waals surface area contributed by atoms with Gasteiger partial charge in [-0.25, -0.2) is 4.39 Å². The molecule has 0 spiro atoms. The molecule has 3 N–H and O–H groups in total. The van der Waals surface area contributed by atoms with Gasteiger partial charge in [-0.3, -0.25) is 4.79 Å². The van der Waals surface area contributed by atoms with Crippen LogP contribution in [-0.4, -0.2) is 10.9 Å². The number of hydrogen-bond donors (Lipinski definition) is 2. The Kier molecular flexibility index (Phi) is 4.21. The summed E-state index contributed by atoms with van der Waals surface area (Å²) < 4.78 is 14.1. The summed E-state index contributed by atoms with van der Waals surface area (Å²) in [6.07, 6.45) is 0. The van der Waals surface area contributed by atoms with Gasteiger partial charge in [0, 0.05) is 4.47 Å². The Hall–Kier alpha value is -1.01. The highest BCUT2D eigenvalue weighted by atomic mass is 79.9. The van der Waals surface area contributed by atoms with Crippen molar-refractivity contribution < 1.29 is 9.18 Å². The minimum Gasteiger partial charge on any atom is -0.392 e. The number of amides is 1. The van der Waals surface area contributed by atoms with Gasteiger partial charge in [-0.2, -0.15) is 0 Å². The molecule has 6 heteroatoms. The molecule has 1 rings (SSSR count). The van der Waals surface area contributed by atoms with Crippen molar-refractivity contribution in [2.45, 2.75) is 13.8 Å². The fourth-order valence-corrected chi connectivity index (χ4v) is 1.44. The van der Waals surface area contributed by atoms with Crippen molar-refractivity contribution in [2.75, 3.05) is 5.32 Å². The molecule has 0 aliphatic carbocycles. The fraction of sp³-hybridized carbons (Fsp3) is 0.273. The molecular weight excluding hydrogens is 307 g/mol. The number of anilines is 1. The van der Waals surface area contributed by atoms with Crippen LogP contribution in [0.3, 0.4) is 0 Å². The van der Waals surface area contributed by atoms with Crippen molar-refractivity contribution in [3.05, 3.63) is 28.5 Å². The van der Waals surface area contributed by atoms with Crippen LogP contribution in [0.5, 0.6) is 0 Å². The molecule has 0 heterocycles. The molecule has 0 bridgehead atoms. The molecule has 0 fully saturated rings. The molecule has 0 aromatic heterocycles. The number of nitrogens with one attached hydrogen (secondary N) is 1. The molecule has 0 radical (unpaired) electrons. The number of carbonyl (C=O) groups excluding carboxylic acids is 1. The third-order valence-electron chi connectivity index (χ3n) is 2.36. The van der Waals surface area contributed by atoms with Gasteiger partial charge in [0.25, 0.3) is 0 Å². The number of hydrogen-bond acceptors (Lipinski definition) is 2. The van der Waals surface area contributed by atoms with E-state index in [2.05, 4.69) is 21.2 Å². The van der Waals surface area contributed by atoms with Gasteiger partial charge in [0.15, 0.2) is 0 Å². The number of nitrogens with two attached hydrogens (primary N) is 1. The Bertz CT molecular complexity index is 477. The summed E-state index contributed by atoms with van der Waals surface area (Å²) in [5.74, 6) is -0.956. The second kappa shape index (κ2) is 5.10. The smallest absolute Gasteiger partial charge is 0.236 e. The summed E-state index contributed by atoms with van der Waals surface area (Å²) in [6.45, 7) is 3.17. The van der Waals surface area contributed by atoms with E-state index in [1.807, 2.05) is 0 Å². The zero-order chi connectivity index (χ0) is 13.2. The van der Waals surface area contributed by atoms with Crippen molar-refractivity contribution in [3.63, 3.8) is 0 Å². The standard InChI is InChI=1S/C11H12BrFN2OS/c1-11(2,9(14)17)10(16)15-8-5-6(12)3-4-7(8)13/h3-5H,1-2H3,(H2,14,17)(H,15,16). The van der Waals surface area contributed by atoms with E-state index in [-0.39, 0.29) is 10.7 Å². The van der Waals surface area contributed by atoms with Crippen molar-refractivity contribution in [3.8, 4) is 0 Å². The van der Waals surface area contributed by atoms with Crippen LogP contribution in [0.2, 0.25) is 0 Å². The molecule has 0 atom stereocenters. The highest BCUT2D eigenvalue weighted by Gasteiger charge is 2.31. The van der Waals surface area contributed by atoms with Crippen LogP contribution < -0.4 is 11.1 Å². The molecule has 0 saturated heterocycles. The maximum Gasteiger partial charge on any atom is 0.236 e. The van der Waals surface area contributed by atoms with E-state index < -0.39 is 17.1 Å². The first kappa shape index (κ1) is 14.1. The number of carbonyl (C=O) groups is 1. The fourth-order valence-electron chi connectivity index (χ4n) is 0.984. The average Bonchev–Trinajstić information content (AvgIpc) is 2.23. The Morgan fingerprint density at radius 1 is 1.53 bits per heavy atom. The van der Waals surface area contributed by atoms with Crippen LogP contribution in [0.4, 0.5) is 10.1 Å². The van der Waals surface area contributed by atoms with Gasteiger partial charge in [-0.05, 0) is 32.0 Å². The number of benzene rings is 1. The van der Waals surface area contributed by atoms with E-state index >= 15 is 0 Å². The van der Waals surface area contributed by atoms with E-state index in [0.29, 0.717) is 4.47 Å². The van der Waals surface area contributed by atoms with Gasteiger partial charge in [0.1, 0.15) is 5.82 Å². The molecule has 92 valence electrons.